The summed E-state index contributed by atoms with van der Waals surface area (Å²) in [5, 5.41) is 8.77. The Hall–Kier alpha value is -0.540. The van der Waals surface area contributed by atoms with Gasteiger partial charge in [-0.3, -0.25) is 4.68 Å². The molecule has 0 aromatic carbocycles. The number of nitrogens with zero attached hydrogens (tertiary/aromatic N) is 2. The van der Waals surface area contributed by atoms with Crippen molar-refractivity contribution in [3.63, 3.8) is 0 Å². The first-order valence-electron chi connectivity index (χ1n) is 6.68. The summed E-state index contributed by atoms with van der Waals surface area (Å²) >= 11 is 6.31. The predicted molar refractivity (Wildman–Crippen MR) is 78.2 cm³/mol. The molecule has 0 amide bonds. The third kappa shape index (κ3) is 3.72. The summed E-state index contributed by atoms with van der Waals surface area (Å²) in [5.74, 6) is 0. The first-order valence-corrected chi connectivity index (χ1v) is 7.06. The van der Waals surface area contributed by atoms with Gasteiger partial charge in [0.2, 0.25) is 0 Å². The van der Waals surface area contributed by atoms with Gasteiger partial charge in [0.15, 0.2) is 0 Å². The van der Waals surface area contributed by atoms with Crippen LogP contribution in [0.3, 0.4) is 0 Å². The smallest absolute Gasteiger partial charge is 0.130 e. The molecule has 1 rings (SSSR count). The summed E-state index contributed by atoms with van der Waals surface area (Å²) in [5.41, 5.74) is 2.42. The van der Waals surface area contributed by atoms with Gasteiger partial charge in [0.05, 0.1) is 5.69 Å². The maximum absolute atomic E-state index is 6.31. The minimum atomic E-state index is 0.209. The highest BCUT2D eigenvalue weighted by molar-refractivity contribution is 6.30. The number of hydrogen-bond donors (Lipinski definition) is 1. The van der Waals surface area contributed by atoms with Gasteiger partial charge in [-0.1, -0.05) is 39.3 Å². The van der Waals surface area contributed by atoms with Crippen molar-refractivity contribution in [1.29, 1.82) is 0 Å². The van der Waals surface area contributed by atoms with E-state index in [9.17, 15) is 0 Å². The van der Waals surface area contributed by atoms with Gasteiger partial charge in [0, 0.05) is 18.7 Å². The zero-order valence-corrected chi connectivity index (χ0v) is 13.2. The van der Waals surface area contributed by atoms with E-state index < -0.39 is 0 Å². The Bertz CT molecular complexity index is 390. The van der Waals surface area contributed by atoms with Crippen LogP contribution in [0.25, 0.3) is 0 Å². The third-order valence-electron chi connectivity index (χ3n) is 3.36. The Balaban J connectivity index is 2.89. The highest BCUT2D eigenvalue weighted by atomic mass is 35.5. The molecule has 0 aliphatic rings. The molecule has 1 atom stereocenters. The molecule has 1 N–H and O–H groups in total. The van der Waals surface area contributed by atoms with Crippen molar-refractivity contribution in [2.45, 2.75) is 53.5 Å². The molecular weight excluding hydrogens is 246 g/mol. The zero-order valence-electron chi connectivity index (χ0n) is 12.5. The Morgan fingerprint density at radius 1 is 1.39 bits per heavy atom. The summed E-state index contributed by atoms with van der Waals surface area (Å²) in [6.07, 6.45) is 2.08. The molecule has 1 aromatic rings. The summed E-state index contributed by atoms with van der Waals surface area (Å²) < 4.78 is 1.76. The normalized spacial score (nSPS) is 13.9. The SMILES string of the molecule is CCCNC(Cc1c(C)nn(C)c1Cl)C(C)(C)C. The maximum atomic E-state index is 6.31. The van der Waals surface area contributed by atoms with E-state index >= 15 is 0 Å². The van der Waals surface area contributed by atoms with Crippen molar-refractivity contribution in [1.82, 2.24) is 15.1 Å². The second-order valence-electron chi connectivity index (χ2n) is 6.06. The fourth-order valence-corrected chi connectivity index (χ4v) is 2.36. The van der Waals surface area contributed by atoms with Crippen LogP contribution in [0.4, 0.5) is 0 Å². The van der Waals surface area contributed by atoms with Gasteiger partial charge in [-0.25, -0.2) is 0 Å². The predicted octanol–water partition coefficient (Wildman–Crippen LogP) is 3.34. The molecule has 0 saturated heterocycles. The van der Waals surface area contributed by atoms with E-state index in [0.29, 0.717) is 6.04 Å². The Morgan fingerprint density at radius 2 is 2.00 bits per heavy atom. The molecule has 0 bridgehead atoms. The highest BCUT2D eigenvalue weighted by Crippen LogP contribution is 2.27. The molecule has 18 heavy (non-hydrogen) atoms. The second-order valence-corrected chi connectivity index (χ2v) is 6.41. The summed E-state index contributed by atoms with van der Waals surface area (Å²) in [6.45, 7) is 12.1. The zero-order chi connectivity index (χ0) is 13.9. The molecule has 0 fully saturated rings. The van der Waals surface area contributed by atoms with E-state index in [4.69, 9.17) is 11.6 Å². The fraction of sp³-hybridized carbons (Fsp3) is 0.786. The molecule has 3 nitrogen and oxygen atoms in total. The molecule has 4 heteroatoms. The summed E-state index contributed by atoms with van der Waals surface area (Å²) in [6, 6.07) is 0.415. The number of aromatic nitrogens is 2. The first-order chi connectivity index (χ1) is 8.27. The first kappa shape index (κ1) is 15.5. The molecule has 0 spiro atoms. The number of aryl methyl sites for hydroxylation is 2. The lowest BCUT2D eigenvalue weighted by atomic mass is 9.83. The van der Waals surface area contributed by atoms with E-state index in [1.807, 2.05) is 14.0 Å². The van der Waals surface area contributed by atoms with Crippen LogP contribution in [0.15, 0.2) is 0 Å². The summed E-state index contributed by atoms with van der Waals surface area (Å²) in [4.78, 5) is 0. The average Bonchev–Trinajstić information content (AvgIpc) is 2.48. The molecule has 0 radical (unpaired) electrons. The van der Waals surface area contributed by atoms with Gasteiger partial charge < -0.3 is 5.32 Å². The third-order valence-corrected chi connectivity index (χ3v) is 3.84. The Kier molecular flexibility index (Phi) is 5.23. The molecule has 1 aromatic heterocycles. The van der Waals surface area contributed by atoms with Crippen LogP contribution >= 0.6 is 11.6 Å². The van der Waals surface area contributed by atoms with Crippen molar-refractivity contribution in [2.24, 2.45) is 12.5 Å². The number of halogens is 1. The largest absolute Gasteiger partial charge is 0.313 e. The van der Waals surface area contributed by atoms with Gasteiger partial charge in [0.25, 0.3) is 0 Å². The van der Waals surface area contributed by atoms with Gasteiger partial charge >= 0.3 is 0 Å². The molecule has 0 saturated carbocycles. The summed E-state index contributed by atoms with van der Waals surface area (Å²) in [7, 11) is 1.89. The Labute approximate surface area is 116 Å². The maximum Gasteiger partial charge on any atom is 0.130 e. The number of nitrogens with one attached hydrogen (secondary N) is 1. The van der Waals surface area contributed by atoms with Gasteiger partial charge in [-0.05, 0) is 31.7 Å². The monoisotopic (exact) mass is 271 g/mol. The minimum Gasteiger partial charge on any atom is -0.313 e. The topological polar surface area (TPSA) is 29.9 Å². The van der Waals surface area contributed by atoms with Crippen molar-refractivity contribution in [3.05, 3.63) is 16.4 Å². The van der Waals surface area contributed by atoms with Gasteiger partial charge in [-0.15, -0.1) is 0 Å². The standard InChI is InChI=1S/C14H26ClN3/c1-7-8-16-12(14(3,4)5)9-11-10(2)17-18(6)13(11)15/h12,16H,7-9H2,1-6H3. The van der Waals surface area contributed by atoms with Crippen LogP contribution in [-0.4, -0.2) is 22.4 Å². The molecular formula is C14H26ClN3. The molecule has 1 unspecified atom stereocenters. The van der Waals surface area contributed by atoms with Crippen molar-refractivity contribution < 1.29 is 0 Å². The van der Waals surface area contributed by atoms with Crippen LogP contribution in [0.1, 0.15) is 45.4 Å². The lowest BCUT2D eigenvalue weighted by Gasteiger charge is -2.32. The van der Waals surface area contributed by atoms with Crippen LogP contribution in [0.2, 0.25) is 5.15 Å². The Morgan fingerprint density at radius 3 is 2.39 bits per heavy atom. The van der Waals surface area contributed by atoms with Crippen molar-refractivity contribution in [3.8, 4) is 0 Å². The van der Waals surface area contributed by atoms with Crippen LogP contribution in [0, 0.1) is 12.3 Å². The fourth-order valence-electron chi connectivity index (χ4n) is 2.11. The van der Waals surface area contributed by atoms with Crippen LogP contribution in [0.5, 0.6) is 0 Å². The van der Waals surface area contributed by atoms with Gasteiger partial charge in [-0.2, -0.15) is 5.10 Å². The number of hydrogen-bond acceptors (Lipinski definition) is 2. The molecule has 104 valence electrons. The van der Waals surface area contributed by atoms with Crippen LogP contribution in [-0.2, 0) is 13.5 Å². The molecule has 0 aliphatic heterocycles. The van der Waals surface area contributed by atoms with E-state index in [1.165, 1.54) is 5.56 Å². The quantitative estimate of drug-likeness (QED) is 0.890. The molecule has 1 heterocycles. The van der Waals surface area contributed by atoms with E-state index in [-0.39, 0.29) is 5.41 Å². The second kappa shape index (κ2) is 6.07. The van der Waals surface area contributed by atoms with E-state index in [1.54, 1.807) is 4.68 Å². The van der Waals surface area contributed by atoms with E-state index in [0.717, 1.165) is 30.2 Å². The van der Waals surface area contributed by atoms with E-state index in [2.05, 4.69) is 38.1 Å². The highest BCUT2D eigenvalue weighted by Gasteiger charge is 2.26. The van der Waals surface area contributed by atoms with Crippen molar-refractivity contribution >= 4 is 11.6 Å². The lowest BCUT2D eigenvalue weighted by Crippen LogP contribution is -2.42. The van der Waals surface area contributed by atoms with Crippen molar-refractivity contribution in [2.75, 3.05) is 6.54 Å². The minimum absolute atomic E-state index is 0.209. The molecule has 0 aliphatic carbocycles. The van der Waals surface area contributed by atoms with Crippen LogP contribution < -0.4 is 5.32 Å². The average molecular weight is 272 g/mol. The lowest BCUT2D eigenvalue weighted by molar-refractivity contribution is 0.266. The van der Waals surface area contributed by atoms with Gasteiger partial charge in [0.1, 0.15) is 5.15 Å². The number of rotatable bonds is 5.